The minimum atomic E-state index is -0.600. The van der Waals surface area contributed by atoms with E-state index in [2.05, 4.69) is 20.2 Å². The van der Waals surface area contributed by atoms with Gasteiger partial charge in [-0.2, -0.15) is 0 Å². The highest BCUT2D eigenvalue weighted by Crippen LogP contribution is 2.23. The highest BCUT2D eigenvalue weighted by molar-refractivity contribution is 5.94. The summed E-state index contributed by atoms with van der Waals surface area (Å²) in [6, 6.07) is 8.47. The number of hydrogen-bond acceptors (Lipinski definition) is 7. The SMILES string of the molecule is CCNC(=O)c1ccc(-c2cc(CN3CCOc4nc([N+](=O)[O-])cn4CC3)ccn2)cc1F. The van der Waals surface area contributed by atoms with E-state index in [9.17, 15) is 19.3 Å². The lowest BCUT2D eigenvalue weighted by atomic mass is 10.1. The number of nitrogens with one attached hydrogen (secondary N) is 1. The zero-order valence-corrected chi connectivity index (χ0v) is 18.0. The number of aromatic nitrogens is 3. The maximum Gasteiger partial charge on any atom is 0.414 e. The van der Waals surface area contributed by atoms with E-state index in [0.717, 1.165) is 5.56 Å². The van der Waals surface area contributed by atoms with Crippen LogP contribution in [-0.4, -0.2) is 56.5 Å². The Labute approximate surface area is 189 Å². The second kappa shape index (κ2) is 9.74. The molecule has 0 aliphatic carbocycles. The summed E-state index contributed by atoms with van der Waals surface area (Å²) in [6.45, 7) is 4.91. The molecule has 10 nitrogen and oxygen atoms in total. The van der Waals surface area contributed by atoms with E-state index in [1.807, 2.05) is 12.1 Å². The van der Waals surface area contributed by atoms with E-state index >= 15 is 0 Å². The molecule has 1 aliphatic heterocycles. The number of imidazole rings is 1. The van der Waals surface area contributed by atoms with Crippen molar-refractivity contribution in [3.63, 3.8) is 0 Å². The molecule has 1 amide bonds. The van der Waals surface area contributed by atoms with Crippen LogP contribution in [0.1, 0.15) is 22.8 Å². The summed E-state index contributed by atoms with van der Waals surface area (Å²) in [5.74, 6) is -1.28. The van der Waals surface area contributed by atoms with Gasteiger partial charge in [-0.3, -0.25) is 19.2 Å². The molecule has 33 heavy (non-hydrogen) atoms. The van der Waals surface area contributed by atoms with Crippen molar-refractivity contribution in [3.8, 4) is 17.3 Å². The molecule has 1 N–H and O–H groups in total. The van der Waals surface area contributed by atoms with Crippen molar-refractivity contribution in [2.75, 3.05) is 26.2 Å². The Bertz CT molecular complexity index is 1180. The summed E-state index contributed by atoms with van der Waals surface area (Å²) in [7, 11) is 0. The van der Waals surface area contributed by atoms with Crippen molar-refractivity contribution in [2.24, 2.45) is 0 Å². The van der Waals surface area contributed by atoms with Gasteiger partial charge >= 0.3 is 11.8 Å². The number of benzene rings is 1. The van der Waals surface area contributed by atoms with E-state index in [4.69, 9.17) is 4.74 Å². The lowest BCUT2D eigenvalue weighted by molar-refractivity contribution is -0.389. The molecule has 0 unspecified atom stereocenters. The number of hydrogen-bond donors (Lipinski definition) is 1. The molecule has 3 heterocycles. The van der Waals surface area contributed by atoms with Crippen LogP contribution in [0.25, 0.3) is 11.3 Å². The van der Waals surface area contributed by atoms with Crippen LogP contribution in [0.2, 0.25) is 0 Å². The molecule has 172 valence electrons. The molecule has 3 aromatic rings. The van der Waals surface area contributed by atoms with Gasteiger partial charge in [0.2, 0.25) is 0 Å². The van der Waals surface area contributed by atoms with Gasteiger partial charge in [0.1, 0.15) is 18.6 Å². The van der Waals surface area contributed by atoms with Crippen LogP contribution < -0.4 is 10.1 Å². The topological polar surface area (TPSA) is 115 Å². The molecule has 2 aromatic heterocycles. The number of carbonyl (C=O) groups is 1. The molecular formula is C22H23FN6O4. The van der Waals surface area contributed by atoms with Crippen molar-refractivity contribution in [2.45, 2.75) is 20.0 Å². The first-order chi connectivity index (χ1) is 15.9. The number of fused-ring (bicyclic) bond motifs is 1. The Kier molecular flexibility index (Phi) is 6.59. The summed E-state index contributed by atoms with van der Waals surface area (Å²) in [4.78, 5) is 32.8. The van der Waals surface area contributed by atoms with Crippen LogP contribution in [0.5, 0.6) is 6.01 Å². The first kappa shape index (κ1) is 22.3. The number of amides is 1. The molecule has 0 spiro atoms. The molecular weight excluding hydrogens is 431 g/mol. The first-order valence-electron chi connectivity index (χ1n) is 10.5. The Balaban J connectivity index is 1.46. The van der Waals surface area contributed by atoms with E-state index in [1.165, 1.54) is 18.3 Å². The van der Waals surface area contributed by atoms with Crippen molar-refractivity contribution in [1.82, 2.24) is 24.8 Å². The average molecular weight is 454 g/mol. The van der Waals surface area contributed by atoms with Gasteiger partial charge in [-0.1, -0.05) is 6.07 Å². The molecule has 0 fully saturated rings. The molecule has 4 rings (SSSR count). The fourth-order valence-electron chi connectivity index (χ4n) is 3.64. The number of halogens is 1. The summed E-state index contributed by atoms with van der Waals surface area (Å²) in [5, 5.41) is 13.6. The van der Waals surface area contributed by atoms with Crippen LogP contribution >= 0.6 is 0 Å². The maximum atomic E-state index is 14.5. The zero-order chi connectivity index (χ0) is 23.4. The lowest BCUT2D eigenvalue weighted by Gasteiger charge is -2.24. The number of rotatable bonds is 6. The Morgan fingerprint density at radius 1 is 1.27 bits per heavy atom. The summed E-state index contributed by atoms with van der Waals surface area (Å²) in [5.41, 5.74) is 2.15. The van der Waals surface area contributed by atoms with Crippen LogP contribution in [0.3, 0.4) is 0 Å². The van der Waals surface area contributed by atoms with Gasteiger partial charge in [0.15, 0.2) is 0 Å². The zero-order valence-electron chi connectivity index (χ0n) is 18.0. The average Bonchev–Trinajstić information content (AvgIpc) is 3.18. The third-order valence-corrected chi connectivity index (χ3v) is 5.29. The number of ether oxygens (including phenoxy) is 1. The Morgan fingerprint density at radius 3 is 2.88 bits per heavy atom. The number of nitro groups is 1. The smallest absolute Gasteiger partial charge is 0.414 e. The Hall–Kier alpha value is -3.86. The second-order valence-electron chi connectivity index (χ2n) is 7.56. The minimum absolute atomic E-state index is 0.00325. The van der Waals surface area contributed by atoms with Crippen molar-refractivity contribution in [1.29, 1.82) is 0 Å². The van der Waals surface area contributed by atoms with Crippen molar-refractivity contribution >= 4 is 11.7 Å². The van der Waals surface area contributed by atoms with Gasteiger partial charge in [0.05, 0.1) is 11.3 Å². The van der Waals surface area contributed by atoms with Crippen LogP contribution in [0, 0.1) is 15.9 Å². The molecule has 1 aromatic carbocycles. The van der Waals surface area contributed by atoms with E-state index < -0.39 is 16.6 Å². The molecule has 0 saturated heterocycles. The lowest BCUT2D eigenvalue weighted by Crippen LogP contribution is -2.33. The van der Waals surface area contributed by atoms with Gasteiger partial charge in [-0.05, 0) is 41.7 Å². The van der Waals surface area contributed by atoms with E-state index in [-0.39, 0.29) is 17.4 Å². The summed E-state index contributed by atoms with van der Waals surface area (Å²) < 4.78 is 21.7. The molecule has 0 bridgehead atoms. The van der Waals surface area contributed by atoms with E-state index in [0.29, 0.717) is 50.6 Å². The first-order valence-corrected chi connectivity index (χ1v) is 10.5. The molecule has 0 atom stereocenters. The number of carbonyl (C=O) groups excluding carboxylic acids is 1. The highest BCUT2D eigenvalue weighted by Gasteiger charge is 2.23. The van der Waals surface area contributed by atoms with E-state index in [1.54, 1.807) is 23.8 Å². The van der Waals surface area contributed by atoms with Gasteiger partial charge in [-0.25, -0.2) is 4.39 Å². The van der Waals surface area contributed by atoms with Crippen molar-refractivity contribution < 1.29 is 18.8 Å². The van der Waals surface area contributed by atoms with Gasteiger partial charge in [0, 0.05) is 49.5 Å². The minimum Gasteiger partial charge on any atom is -0.444 e. The standard InChI is InChI=1S/C22H23FN6O4/c1-2-24-21(30)17-4-3-16(12-18(17)23)19-11-15(5-6-25-19)13-27-7-8-28-14-20(29(31)32)26-22(28)33-10-9-27/h3-6,11-12,14H,2,7-10,13H2,1H3,(H,24,30). The van der Waals surface area contributed by atoms with Gasteiger partial charge in [0.25, 0.3) is 5.91 Å². The fourth-order valence-corrected chi connectivity index (χ4v) is 3.64. The molecule has 11 heteroatoms. The molecule has 1 aliphatic rings. The monoisotopic (exact) mass is 454 g/mol. The maximum absolute atomic E-state index is 14.5. The predicted molar refractivity (Wildman–Crippen MR) is 117 cm³/mol. The summed E-state index contributed by atoms with van der Waals surface area (Å²) >= 11 is 0. The largest absolute Gasteiger partial charge is 0.444 e. The number of nitrogens with zero attached hydrogens (tertiary/aromatic N) is 5. The second-order valence-corrected chi connectivity index (χ2v) is 7.56. The highest BCUT2D eigenvalue weighted by atomic mass is 19.1. The summed E-state index contributed by atoms with van der Waals surface area (Å²) in [6.07, 6.45) is 3.04. The van der Waals surface area contributed by atoms with Gasteiger partial charge in [-0.15, -0.1) is 0 Å². The number of pyridine rings is 1. The fraction of sp³-hybridized carbons (Fsp3) is 0.318. The normalized spacial score (nSPS) is 14.0. The third-order valence-electron chi connectivity index (χ3n) is 5.29. The molecule has 0 radical (unpaired) electrons. The van der Waals surface area contributed by atoms with Crippen LogP contribution in [0.15, 0.2) is 42.7 Å². The van der Waals surface area contributed by atoms with Crippen LogP contribution in [-0.2, 0) is 13.1 Å². The van der Waals surface area contributed by atoms with Crippen LogP contribution in [0.4, 0.5) is 10.2 Å². The predicted octanol–water partition coefficient (Wildman–Crippen LogP) is 2.64. The molecule has 0 saturated carbocycles. The third kappa shape index (κ3) is 5.14. The quantitative estimate of drug-likeness (QED) is 0.450. The van der Waals surface area contributed by atoms with Gasteiger partial charge < -0.3 is 20.2 Å². The van der Waals surface area contributed by atoms with Crippen molar-refractivity contribution in [3.05, 3.63) is 69.8 Å². The Morgan fingerprint density at radius 2 is 2.12 bits per heavy atom.